The summed E-state index contributed by atoms with van der Waals surface area (Å²) in [4.78, 5) is 15.1. The van der Waals surface area contributed by atoms with Gasteiger partial charge in [0.25, 0.3) is 0 Å². The summed E-state index contributed by atoms with van der Waals surface area (Å²) in [5.41, 5.74) is -3.04. The van der Waals surface area contributed by atoms with Crippen molar-refractivity contribution in [2.24, 2.45) is 11.8 Å². The maximum atomic E-state index is 13.1. The number of esters is 1. The van der Waals surface area contributed by atoms with Crippen molar-refractivity contribution < 1.29 is 34.3 Å². The van der Waals surface area contributed by atoms with Gasteiger partial charge in [0.05, 0.1) is 18.1 Å². The summed E-state index contributed by atoms with van der Waals surface area (Å²) >= 11 is 0. The number of ether oxygens (including phenoxy) is 3. The highest BCUT2D eigenvalue weighted by molar-refractivity contribution is 5.73. The molecule has 8 nitrogen and oxygen atoms in total. The third-order valence-corrected chi connectivity index (χ3v) is 7.65. The van der Waals surface area contributed by atoms with E-state index >= 15 is 0 Å². The van der Waals surface area contributed by atoms with Gasteiger partial charge in [0.2, 0.25) is 0 Å². The largest absolute Gasteiger partial charge is 0.459 e. The second kappa shape index (κ2) is 11.6. The zero-order chi connectivity index (χ0) is 25.0. The maximum Gasteiger partial charge on any atom is 0.311 e. The number of carbonyl (C=O) groups excluding carboxylic acids is 1. The molecule has 1 rings (SSSR count). The van der Waals surface area contributed by atoms with E-state index in [1.54, 1.807) is 20.8 Å². The molecule has 1 aliphatic rings. The molecule has 0 spiro atoms. The predicted octanol–water partition coefficient (Wildman–Crippen LogP) is 1.98. The van der Waals surface area contributed by atoms with E-state index in [1.807, 2.05) is 32.6 Å². The molecule has 0 aromatic heterocycles. The third kappa shape index (κ3) is 5.65. The first kappa shape index (κ1) is 29.3. The van der Waals surface area contributed by atoms with Crippen molar-refractivity contribution in [1.29, 1.82) is 0 Å². The van der Waals surface area contributed by atoms with Gasteiger partial charge in [0, 0.05) is 32.2 Å². The summed E-state index contributed by atoms with van der Waals surface area (Å²) in [5, 5.41) is 34.3. The minimum absolute atomic E-state index is 0.337. The van der Waals surface area contributed by atoms with Crippen LogP contribution >= 0.6 is 0 Å². The molecule has 0 aliphatic carbocycles. The zero-order valence-corrected chi connectivity index (χ0v) is 21.7. The average molecular weight is 462 g/mol. The molecule has 32 heavy (non-hydrogen) atoms. The van der Waals surface area contributed by atoms with Crippen LogP contribution in [0.5, 0.6) is 0 Å². The average Bonchev–Trinajstić information content (AvgIpc) is 2.73. The first-order chi connectivity index (χ1) is 14.7. The van der Waals surface area contributed by atoms with Gasteiger partial charge in [-0.1, -0.05) is 20.8 Å². The van der Waals surface area contributed by atoms with E-state index in [9.17, 15) is 20.1 Å². The van der Waals surface area contributed by atoms with Crippen molar-refractivity contribution in [3.63, 3.8) is 0 Å². The molecule has 0 radical (unpaired) electrons. The molecular formula is C24H47NO7. The van der Waals surface area contributed by atoms with Crippen LogP contribution in [-0.2, 0) is 19.0 Å². The molecule has 0 aromatic carbocycles. The molecule has 3 N–H and O–H groups in total. The SMILES string of the molecule is CCCN1[C@H](C)[C@@H](O)[C@](C)(O)[C@@H](CC)OC(=O)[C@H](C)[C@@H](OC)[C@H](C)[C@@H](OC)[C@@](C)(O)[C@H]1C. The monoisotopic (exact) mass is 461 g/mol. The van der Waals surface area contributed by atoms with E-state index in [0.29, 0.717) is 13.0 Å². The highest BCUT2D eigenvalue weighted by atomic mass is 16.6. The summed E-state index contributed by atoms with van der Waals surface area (Å²) in [6.45, 7) is 15.0. The van der Waals surface area contributed by atoms with E-state index in [-0.39, 0.29) is 5.92 Å². The summed E-state index contributed by atoms with van der Waals surface area (Å²) in [5.74, 6) is -1.55. The van der Waals surface area contributed by atoms with Crippen LogP contribution in [-0.4, -0.2) is 94.7 Å². The molecule has 190 valence electrons. The molecule has 0 aromatic rings. The van der Waals surface area contributed by atoms with Gasteiger partial charge >= 0.3 is 5.97 Å². The molecule has 1 heterocycles. The van der Waals surface area contributed by atoms with Crippen LogP contribution in [0.15, 0.2) is 0 Å². The fourth-order valence-corrected chi connectivity index (χ4v) is 5.47. The second-order valence-corrected chi connectivity index (χ2v) is 9.89. The van der Waals surface area contributed by atoms with E-state index in [4.69, 9.17) is 14.2 Å². The van der Waals surface area contributed by atoms with Crippen LogP contribution in [0.3, 0.4) is 0 Å². The lowest BCUT2D eigenvalue weighted by Crippen LogP contribution is -2.65. The molecule has 8 heteroatoms. The summed E-state index contributed by atoms with van der Waals surface area (Å²) < 4.78 is 17.2. The minimum atomic E-state index is -1.69. The smallest absolute Gasteiger partial charge is 0.311 e. The number of hydrogen-bond donors (Lipinski definition) is 3. The molecule has 0 bridgehead atoms. The maximum absolute atomic E-state index is 13.1. The highest BCUT2D eigenvalue weighted by Crippen LogP contribution is 2.36. The van der Waals surface area contributed by atoms with Crippen LogP contribution in [0.25, 0.3) is 0 Å². The van der Waals surface area contributed by atoms with E-state index in [2.05, 4.69) is 0 Å². The van der Waals surface area contributed by atoms with Gasteiger partial charge in [-0.2, -0.15) is 0 Å². The minimum Gasteiger partial charge on any atom is -0.459 e. The van der Waals surface area contributed by atoms with Gasteiger partial charge in [-0.25, -0.2) is 0 Å². The lowest BCUT2D eigenvalue weighted by atomic mass is 9.77. The molecule has 1 aliphatic heterocycles. The quantitative estimate of drug-likeness (QED) is 0.534. The van der Waals surface area contributed by atoms with Crippen LogP contribution in [0.4, 0.5) is 0 Å². The number of rotatable bonds is 5. The number of aliphatic hydroxyl groups excluding tert-OH is 1. The van der Waals surface area contributed by atoms with Gasteiger partial charge < -0.3 is 29.5 Å². The van der Waals surface area contributed by atoms with Gasteiger partial charge in [-0.15, -0.1) is 0 Å². The van der Waals surface area contributed by atoms with Crippen LogP contribution < -0.4 is 0 Å². The third-order valence-electron chi connectivity index (χ3n) is 7.65. The lowest BCUT2D eigenvalue weighted by molar-refractivity contribution is -0.194. The van der Waals surface area contributed by atoms with E-state index < -0.39 is 59.6 Å². The summed E-state index contributed by atoms with van der Waals surface area (Å²) in [6.07, 6.45) is -2.25. The van der Waals surface area contributed by atoms with Crippen molar-refractivity contribution in [3.05, 3.63) is 0 Å². The lowest BCUT2D eigenvalue weighted by Gasteiger charge is -2.49. The van der Waals surface area contributed by atoms with Gasteiger partial charge in [-0.3, -0.25) is 9.69 Å². The molecule has 0 saturated carbocycles. The van der Waals surface area contributed by atoms with Gasteiger partial charge in [0.1, 0.15) is 23.4 Å². The molecule has 0 amide bonds. The van der Waals surface area contributed by atoms with Crippen LogP contribution in [0.1, 0.15) is 68.2 Å². The predicted molar refractivity (Wildman–Crippen MR) is 123 cm³/mol. The number of aliphatic hydroxyl groups is 3. The Balaban J connectivity index is 3.69. The Hall–Kier alpha value is -0.770. The fourth-order valence-electron chi connectivity index (χ4n) is 5.47. The van der Waals surface area contributed by atoms with Crippen molar-refractivity contribution in [3.8, 4) is 0 Å². The Morgan fingerprint density at radius 2 is 1.59 bits per heavy atom. The topological polar surface area (TPSA) is 109 Å². The molecule has 1 fully saturated rings. The Kier molecular flexibility index (Phi) is 10.6. The van der Waals surface area contributed by atoms with Crippen LogP contribution in [0.2, 0.25) is 0 Å². The van der Waals surface area contributed by atoms with E-state index in [1.165, 1.54) is 21.1 Å². The number of nitrogens with zero attached hydrogens (tertiary/aromatic N) is 1. The first-order valence-electron chi connectivity index (χ1n) is 11.9. The van der Waals surface area contributed by atoms with Crippen molar-refractivity contribution in [1.82, 2.24) is 4.90 Å². The Morgan fingerprint density at radius 3 is 2.03 bits per heavy atom. The Morgan fingerprint density at radius 1 is 1.03 bits per heavy atom. The summed E-state index contributed by atoms with van der Waals surface area (Å²) in [7, 11) is 3.06. The first-order valence-corrected chi connectivity index (χ1v) is 11.9. The molecule has 0 unspecified atom stereocenters. The Bertz CT molecular complexity index is 597. The van der Waals surface area contributed by atoms with Crippen LogP contribution in [0, 0.1) is 11.8 Å². The van der Waals surface area contributed by atoms with E-state index in [0.717, 1.165) is 6.42 Å². The number of carbonyl (C=O) groups is 1. The highest BCUT2D eigenvalue weighted by Gasteiger charge is 2.51. The number of cyclic esters (lactones) is 1. The molecule has 1 saturated heterocycles. The molecule has 10 atom stereocenters. The number of methoxy groups -OCH3 is 2. The van der Waals surface area contributed by atoms with Crippen molar-refractivity contribution >= 4 is 5.97 Å². The Labute approximate surface area is 194 Å². The zero-order valence-electron chi connectivity index (χ0n) is 21.7. The molecular weight excluding hydrogens is 414 g/mol. The second-order valence-electron chi connectivity index (χ2n) is 9.89. The fraction of sp³-hybridized carbons (Fsp3) is 0.958. The van der Waals surface area contributed by atoms with Gasteiger partial charge in [0.15, 0.2) is 0 Å². The normalized spacial score (nSPS) is 45.5. The van der Waals surface area contributed by atoms with Crippen molar-refractivity contribution in [2.45, 2.75) is 116 Å². The standard InChI is InChI=1S/C24H47NO7/c1-11-13-25-16(5)20(26)24(8,29)18(12-2)32-22(27)15(4)19(30-9)14(3)21(31-10)23(7,28)17(25)6/h14-21,26,28-29H,11-13H2,1-10H3/t14-,15+,16+,17+,18+,19-,20+,21+,23-,24+/m0/s1. The number of hydrogen-bond acceptors (Lipinski definition) is 8. The summed E-state index contributed by atoms with van der Waals surface area (Å²) in [6, 6.07) is -0.955. The van der Waals surface area contributed by atoms with Gasteiger partial charge in [-0.05, 0) is 54.0 Å². The van der Waals surface area contributed by atoms with Crippen molar-refractivity contribution in [2.75, 3.05) is 20.8 Å².